The third-order valence-corrected chi connectivity index (χ3v) is 9.66. The Morgan fingerprint density at radius 3 is 2.45 bits per heavy atom. The van der Waals surface area contributed by atoms with E-state index in [1.807, 2.05) is 6.07 Å². The Kier molecular flexibility index (Phi) is 6.50. The summed E-state index contributed by atoms with van der Waals surface area (Å²) < 4.78 is 35.9. The molecule has 180 valence electrons. The quantitative estimate of drug-likeness (QED) is 0.464. The fourth-order valence-electron chi connectivity index (χ4n) is 4.87. The first-order valence-electron chi connectivity index (χ1n) is 11.3. The zero-order valence-corrected chi connectivity index (χ0v) is 19.7. The van der Waals surface area contributed by atoms with Gasteiger partial charge < -0.3 is 19.7 Å². The van der Waals surface area contributed by atoms with Gasteiger partial charge in [0.15, 0.2) is 15.2 Å². The van der Waals surface area contributed by atoms with Crippen LogP contribution in [-0.2, 0) is 40.3 Å². The Hall–Kier alpha value is -2.46. The molecule has 3 aliphatic rings. The van der Waals surface area contributed by atoms with Crippen molar-refractivity contribution in [3.05, 3.63) is 35.9 Å². The van der Waals surface area contributed by atoms with Crippen LogP contribution in [0.4, 0.5) is 0 Å². The molecule has 2 heterocycles. The molecule has 0 bridgehead atoms. The summed E-state index contributed by atoms with van der Waals surface area (Å²) >= 11 is 0. The molecule has 0 unspecified atom stereocenters. The summed E-state index contributed by atoms with van der Waals surface area (Å²) in [6.45, 7) is 2.56. The van der Waals surface area contributed by atoms with Crippen molar-refractivity contribution in [2.45, 2.75) is 80.9 Å². The number of sulfone groups is 1. The van der Waals surface area contributed by atoms with Crippen molar-refractivity contribution in [3.8, 4) is 0 Å². The Morgan fingerprint density at radius 1 is 1.12 bits per heavy atom. The average molecular weight is 479 g/mol. The van der Waals surface area contributed by atoms with Crippen LogP contribution in [0.2, 0.25) is 0 Å². The second-order valence-electron chi connectivity index (χ2n) is 9.40. The van der Waals surface area contributed by atoms with E-state index in [-0.39, 0.29) is 19.3 Å². The highest BCUT2D eigenvalue weighted by molar-refractivity contribution is 7.94. The summed E-state index contributed by atoms with van der Waals surface area (Å²) in [5, 5.41) is 1.20. The van der Waals surface area contributed by atoms with Gasteiger partial charge in [0.05, 0.1) is 6.10 Å². The van der Waals surface area contributed by atoms with Crippen LogP contribution in [0.5, 0.6) is 0 Å². The lowest BCUT2D eigenvalue weighted by Crippen LogP contribution is -2.72. The molecular weight excluding hydrogens is 448 g/mol. The normalized spacial score (nSPS) is 28.0. The molecule has 1 N–H and O–H groups in total. The molecular formula is C23H30N2O7S. The number of rotatable bonds is 7. The van der Waals surface area contributed by atoms with Gasteiger partial charge in [-0.25, -0.2) is 13.2 Å². The molecule has 0 spiro atoms. The first-order chi connectivity index (χ1) is 15.6. The largest absolute Gasteiger partial charge is 0.459 e. The van der Waals surface area contributed by atoms with Gasteiger partial charge >= 0.3 is 5.97 Å². The third-order valence-electron chi connectivity index (χ3n) is 6.83. The Bertz CT molecular complexity index is 1020. The Morgan fingerprint density at radius 2 is 1.79 bits per heavy atom. The van der Waals surface area contributed by atoms with Crippen LogP contribution in [0, 0.1) is 0 Å². The van der Waals surface area contributed by atoms with E-state index in [1.165, 1.54) is 13.8 Å². The van der Waals surface area contributed by atoms with Gasteiger partial charge in [0.1, 0.15) is 30.0 Å². The van der Waals surface area contributed by atoms with Crippen LogP contribution in [0.25, 0.3) is 0 Å². The molecule has 2 saturated heterocycles. The van der Waals surface area contributed by atoms with E-state index >= 15 is 0 Å². The first kappa shape index (κ1) is 23.7. The molecule has 3 fully saturated rings. The van der Waals surface area contributed by atoms with E-state index in [0.29, 0.717) is 0 Å². The summed E-state index contributed by atoms with van der Waals surface area (Å²) in [5.74, 6) is -1.93. The fourth-order valence-corrected chi connectivity index (χ4v) is 7.08. The van der Waals surface area contributed by atoms with Crippen LogP contribution >= 0.6 is 0 Å². The van der Waals surface area contributed by atoms with E-state index in [1.54, 1.807) is 24.3 Å². The van der Waals surface area contributed by atoms with Gasteiger partial charge in [-0.2, -0.15) is 0 Å². The number of carbonyl (C=O) groups excluding carboxylic acids is 3. The molecule has 1 aromatic rings. The lowest BCUT2D eigenvalue weighted by Gasteiger charge is -2.43. The van der Waals surface area contributed by atoms with Gasteiger partial charge in [-0.15, -0.1) is 0 Å². The molecule has 1 aromatic carbocycles. The number of hydrogen-bond donors (Lipinski definition) is 1. The van der Waals surface area contributed by atoms with Crippen molar-refractivity contribution >= 4 is 27.6 Å². The van der Waals surface area contributed by atoms with E-state index < -0.39 is 49.8 Å². The maximum absolute atomic E-state index is 13.2. The maximum Gasteiger partial charge on any atom is 0.330 e. The zero-order valence-electron chi connectivity index (χ0n) is 18.9. The second kappa shape index (κ2) is 9.06. The van der Waals surface area contributed by atoms with Crippen LogP contribution in [-0.4, -0.2) is 66.0 Å². The van der Waals surface area contributed by atoms with Gasteiger partial charge in [0.25, 0.3) is 0 Å². The minimum absolute atomic E-state index is 0.0102. The van der Waals surface area contributed by atoms with Crippen molar-refractivity contribution < 1.29 is 32.3 Å². The number of amides is 2. The number of esters is 1. The van der Waals surface area contributed by atoms with Crippen molar-refractivity contribution in [2.75, 3.05) is 6.61 Å². The number of β-lactam (4-membered cyclic amide) rings is 1. The number of fused-ring (bicyclic) bond motifs is 1. The van der Waals surface area contributed by atoms with Crippen molar-refractivity contribution in [3.63, 3.8) is 0 Å². The molecule has 0 radical (unpaired) electrons. The number of benzene rings is 1. The topological polar surface area (TPSA) is 119 Å². The number of nitrogens with one attached hydrogen (secondary N) is 1. The number of carbonyl (C=O) groups is 3. The zero-order chi connectivity index (χ0) is 23.8. The van der Waals surface area contributed by atoms with Crippen LogP contribution < -0.4 is 5.32 Å². The van der Waals surface area contributed by atoms with Gasteiger partial charge in [0.2, 0.25) is 11.8 Å². The van der Waals surface area contributed by atoms with Crippen molar-refractivity contribution in [1.29, 1.82) is 0 Å². The van der Waals surface area contributed by atoms with Crippen LogP contribution in [0.1, 0.15) is 51.5 Å². The smallest absolute Gasteiger partial charge is 0.330 e. The monoisotopic (exact) mass is 478 g/mol. The lowest BCUT2D eigenvalue weighted by molar-refractivity contribution is -0.165. The highest BCUT2D eigenvalue weighted by atomic mass is 32.2. The molecule has 0 aromatic heterocycles. The lowest BCUT2D eigenvalue weighted by atomic mass is 9.96. The van der Waals surface area contributed by atoms with Crippen molar-refractivity contribution in [2.24, 2.45) is 0 Å². The van der Waals surface area contributed by atoms with Gasteiger partial charge in [0, 0.05) is 0 Å². The highest BCUT2D eigenvalue weighted by Gasteiger charge is 2.72. The number of nitrogens with zero attached hydrogens (tertiary/aromatic N) is 1. The summed E-state index contributed by atoms with van der Waals surface area (Å²) in [7, 11) is -3.96. The molecule has 10 heteroatoms. The number of ether oxygens (including phenoxy) is 2. The van der Waals surface area contributed by atoms with E-state index in [0.717, 1.165) is 42.6 Å². The molecule has 9 nitrogen and oxygen atoms in total. The van der Waals surface area contributed by atoms with Gasteiger partial charge in [-0.1, -0.05) is 49.6 Å². The molecule has 1 aliphatic carbocycles. The van der Waals surface area contributed by atoms with E-state index in [2.05, 4.69) is 5.32 Å². The third kappa shape index (κ3) is 4.26. The predicted octanol–water partition coefficient (Wildman–Crippen LogP) is 1.31. The van der Waals surface area contributed by atoms with E-state index in [4.69, 9.17) is 9.47 Å². The van der Waals surface area contributed by atoms with Crippen LogP contribution in [0.3, 0.4) is 0 Å². The molecule has 1 saturated carbocycles. The Balaban J connectivity index is 1.41. The van der Waals surface area contributed by atoms with Gasteiger partial charge in [-0.05, 0) is 32.3 Å². The maximum atomic E-state index is 13.2. The summed E-state index contributed by atoms with van der Waals surface area (Å²) in [5.41, 5.74) is 0.749. The molecule has 3 atom stereocenters. The summed E-state index contributed by atoms with van der Waals surface area (Å²) in [6.07, 6.45) is 5.06. The number of hydrogen-bond acceptors (Lipinski definition) is 7. The second-order valence-corrected chi connectivity index (χ2v) is 12.0. The molecule has 2 aliphatic heterocycles. The average Bonchev–Trinajstić information content (AvgIpc) is 2.95. The van der Waals surface area contributed by atoms with Crippen LogP contribution in [0.15, 0.2) is 30.3 Å². The van der Waals surface area contributed by atoms with E-state index in [9.17, 15) is 22.8 Å². The summed E-state index contributed by atoms with van der Waals surface area (Å²) in [6, 6.07) is 6.47. The SMILES string of the molecule is CC1(C)[C@H](C(=O)OCc2ccccc2)N2C(=O)[C@@H](NC(=O)COC3CCCCC3)[C@H]2S1(=O)=O. The highest BCUT2D eigenvalue weighted by Crippen LogP contribution is 2.46. The first-order valence-corrected chi connectivity index (χ1v) is 12.9. The van der Waals surface area contributed by atoms with Crippen molar-refractivity contribution in [1.82, 2.24) is 10.2 Å². The minimum atomic E-state index is -3.96. The molecule has 33 heavy (non-hydrogen) atoms. The predicted molar refractivity (Wildman–Crippen MR) is 118 cm³/mol. The summed E-state index contributed by atoms with van der Waals surface area (Å²) in [4.78, 5) is 39.1. The fraction of sp³-hybridized carbons (Fsp3) is 0.609. The Labute approximate surface area is 193 Å². The molecule has 4 rings (SSSR count). The minimum Gasteiger partial charge on any atom is -0.459 e. The standard InChI is InChI=1S/C23H30N2O7S/c1-23(2)19(22(28)32-13-15-9-5-3-6-10-15)25-20(27)18(21(25)33(23,29)30)24-17(26)14-31-16-11-7-4-8-12-16/h3,5-6,9-10,16,18-19,21H,4,7-8,11-14H2,1-2H3,(H,24,26)/t18-,19+,21-/m1/s1. The molecule has 2 amide bonds. The van der Waals surface area contributed by atoms with Gasteiger partial charge in [-0.3, -0.25) is 9.59 Å².